The highest BCUT2D eigenvalue weighted by molar-refractivity contribution is 7.86. The van der Waals surface area contributed by atoms with E-state index >= 15 is 0 Å². The molecule has 1 aliphatic heterocycles. The molecule has 2 rings (SSSR count). The fraction of sp³-hybridized carbons (Fsp3) is 0.455. The standard InChI is InChI=1S/C11H15FN2O3S/c12-10-4-2-1-3-9(10)11(15)5-7-14(8-6-11)18(13,16)17/h1-4,15H,5-8H2,(H2,13,16,17). The van der Waals surface area contributed by atoms with Crippen LogP contribution >= 0.6 is 0 Å². The molecule has 0 spiro atoms. The predicted molar refractivity (Wildman–Crippen MR) is 64.2 cm³/mol. The van der Waals surface area contributed by atoms with Crippen molar-refractivity contribution in [2.24, 2.45) is 5.14 Å². The summed E-state index contributed by atoms with van der Waals surface area (Å²) in [5.41, 5.74) is -1.12. The summed E-state index contributed by atoms with van der Waals surface area (Å²) >= 11 is 0. The number of piperidine rings is 1. The lowest BCUT2D eigenvalue weighted by molar-refractivity contribution is -0.0125. The van der Waals surface area contributed by atoms with E-state index in [2.05, 4.69) is 0 Å². The van der Waals surface area contributed by atoms with Crippen LogP contribution in [0.25, 0.3) is 0 Å². The zero-order chi connectivity index (χ0) is 13.4. The van der Waals surface area contributed by atoms with Crippen LogP contribution in [0.3, 0.4) is 0 Å². The molecule has 1 fully saturated rings. The van der Waals surface area contributed by atoms with Crippen molar-refractivity contribution < 1.29 is 17.9 Å². The minimum absolute atomic E-state index is 0.0870. The van der Waals surface area contributed by atoms with Gasteiger partial charge < -0.3 is 5.11 Å². The Morgan fingerprint density at radius 3 is 2.33 bits per heavy atom. The molecule has 100 valence electrons. The quantitative estimate of drug-likeness (QED) is 0.814. The lowest BCUT2D eigenvalue weighted by atomic mass is 9.85. The van der Waals surface area contributed by atoms with Gasteiger partial charge in [-0.2, -0.15) is 12.7 Å². The molecule has 0 saturated carbocycles. The Labute approximate surface area is 105 Å². The molecule has 0 bridgehead atoms. The third kappa shape index (κ3) is 2.54. The number of hydrogen-bond acceptors (Lipinski definition) is 3. The Balaban J connectivity index is 2.20. The zero-order valence-electron chi connectivity index (χ0n) is 9.71. The fourth-order valence-corrected chi connectivity index (χ4v) is 2.91. The van der Waals surface area contributed by atoms with E-state index < -0.39 is 21.6 Å². The molecule has 1 heterocycles. The van der Waals surface area contributed by atoms with E-state index in [1.807, 2.05) is 0 Å². The lowest BCUT2D eigenvalue weighted by Gasteiger charge is -2.37. The summed E-state index contributed by atoms with van der Waals surface area (Å²) in [6.07, 6.45) is 0.259. The van der Waals surface area contributed by atoms with Crippen LogP contribution in [0, 0.1) is 5.82 Å². The van der Waals surface area contributed by atoms with Gasteiger partial charge >= 0.3 is 0 Å². The molecule has 1 aromatic carbocycles. The molecular formula is C11H15FN2O3S. The van der Waals surface area contributed by atoms with Crippen LogP contribution in [0.5, 0.6) is 0 Å². The van der Waals surface area contributed by atoms with Gasteiger partial charge in [0.25, 0.3) is 10.2 Å². The normalized spacial score (nSPS) is 20.8. The Bertz CT molecular complexity index is 539. The Morgan fingerprint density at radius 2 is 1.83 bits per heavy atom. The molecule has 0 aromatic heterocycles. The largest absolute Gasteiger partial charge is 0.385 e. The summed E-state index contributed by atoms with van der Waals surface area (Å²) in [7, 11) is -3.74. The second kappa shape index (κ2) is 4.58. The van der Waals surface area contributed by atoms with Gasteiger partial charge in [0.2, 0.25) is 0 Å². The van der Waals surface area contributed by atoms with Crippen molar-refractivity contribution >= 4 is 10.2 Å². The molecule has 5 nitrogen and oxygen atoms in total. The first-order valence-corrected chi connectivity index (χ1v) is 7.08. The SMILES string of the molecule is NS(=O)(=O)N1CCC(O)(c2ccccc2F)CC1. The van der Waals surface area contributed by atoms with E-state index in [1.54, 1.807) is 12.1 Å². The summed E-state index contributed by atoms with van der Waals surface area (Å²) in [5, 5.41) is 15.4. The number of aliphatic hydroxyl groups is 1. The molecule has 18 heavy (non-hydrogen) atoms. The van der Waals surface area contributed by atoms with E-state index in [4.69, 9.17) is 5.14 Å². The third-order valence-corrected chi connectivity index (χ3v) is 4.37. The maximum atomic E-state index is 13.6. The molecule has 1 aliphatic rings. The van der Waals surface area contributed by atoms with Crippen molar-refractivity contribution in [3.63, 3.8) is 0 Å². The van der Waals surface area contributed by atoms with E-state index in [0.717, 1.165) is 4.31 Å². The molecular weight excluding hydrogens is 259 g/mol. The van der Waals surface area contributed by atoms with Crippen LogP contribution in [-0.4, -0.2) is 30.9 Å². The average molecular weight is 274 g/mol. The minimum Gasteiger partial charge on any atom is -0.385 e. The number of benzene rings is 1. The van der Waals surface area contributed by atoms with Gasteiger partial charge in [-0.25, -0.2) is 9.53 Å². The van der Waals surface area contributed by atoms with E-state index in [1.165, 1.54) is 12.1 Å². The van der Waals surface area contributed by atoms with Crippen LogP contribution < -0.4 is 5.14 Å². The number of hydrogen-bond donors (Lipinski definition) is 2. The first-order valence-electron chi connectivity index (χ1n) is 5.58. The summed E-state index contributed by atoms with van der Waals surface area (Å²) in [6.45, 7) is 0.174. The van der Waals surface area contributed by atoms with Gasteiger partial charge in [0.1, 0.15) is 5.82 Å². The van der Waals surface area contributed by atoms with Gasteiger partial charge in [0.05, 0.1) is 5.60 Å². The first kappa shape index (κ1) is 13.4. The smallest absolute Gasteiger partial charge is 0.276 e. The topological polar surface area (TPSA) is 83.6 Å². The Hall–Kier alpha value is -1.02. The van der Waals surface area contributed by atoms with Crippen molar-refractivity contribution in [1.29, 1.82) is 0 Å². The van der Waals surface area contributed by atoms with Crippen LogP contribution in [0.4, 0.5) is 4.39 Å². The summed E-state index contributed by atoms with van der Waals surface area (Å²) in [4.78, 5) is 0. The van der Waals surface area contributed by atoms with Crippen molar-refractivity contribution in [3.8, 4) is 0 Å². The van der Waals surface area contributed by atoms with Crippen molar-refractivity contribution in [2.75, 3.05) is 13.1 Å². The molecule has 7 heteroatoms. The molecule has 0 aliphatic carbocycles. The van der Waals surface area contributed by atoms with Crippen LogP contribution in [0.1, 0.15) is 18.4 Å². The van der Waals surface area contributed by atoms with E-state index in [9.17, 15) is 17.9 Å². The van der Waals surface area contributed by atoms with Gasteiger partial charge in [-0.05, 0) is 18.9 Å². The minimum atomic E-state index is -3.74. The fourth-order valence-electron chi connectivity index (χ4n) is 2.22. The van der Waals surface area contributed by atoms with Gasteiger partial charge in [-0.15, -0.1) is 0 Å². The molecule has 1 aromatic rings. The van der Waals surface area contributed by atoms with Crippen LogP contribution in [0.15, 0.2) is 24.3 Å². The number of rotatable bonds is 2. The number of halogens is 1. The first-order chi connectivity index (χ1) is 8.33. The number of nitrogens with zero attached hydrogens (tertiary/aromatic N) is 1. The van der Waals surface area contributed by atoms with E-state index in [0.29, 0.717) is 0 Å². The van der Waals surface area contributed by atoms with Crippen LogP contribution in [0.2, 0.25) is 0 Å². The summed E-state index contributed by atoms with van der Waals surface area (Å²) < 4.78 is 37.0. The Morgan fingerprint density at radius 1 is 1.28 bits per heavy atom. The lowest BCUT2D eigenvalue weighted by Crippen LogP contribution is -2.47. The van der Waals surface area contributed by atoms with Crippen molar-refractivity contribution in [1.82, 2.24) is 4.31 Å². The molecule has 0 atom stereocenters. The molecule has 0 amide bonds. The van der Waals surface area contributed by atoms with Gasteiger partial charge in [0, 0.05) is 18.7 Å². The van der Waals surface area contributed by atoms with Crippen molar-refractivity contribution in [2.45, 2.75) is 18.4 Å². The van der Waals surface area contributed by atoms with Gasteiger partial charge in [0.15, 0.2) is 0 Å². The monoisotopic (exact) mass is 274 g/mol. The Kier molecular flexibility index (Phi) is 3.41. The third-order valence-electron chi connectivity index (χ3n) is 3.28. The van der Waals surface area contributed by atoms with Crippen LogP contribution in [-0.2, 0) is 15.8 Å². The maximum absolute atomic E-state index is 13.6. The highest BCUT2D eigenvalue weighted by Crippen LogP contribution is 2.34. The highest BCUT2D eigenvalue weighted by atomic mass is 32.2. The van der Waals surface area contributed by atoms with Crippen molar-refractivity contribution in [3.05, 3.63) is 35.6 Å². The highest BCUT2D eigenvalue weighted by Gasteiger charge is 2.38. The molecule has 0 unspecified atom stereocenters. The summed E-state index contributed by atoms with van der Waals surface area (Å²) in [6, 6.07) is 5.98. The summed E-state index contributed by atoms with van der Waals surface area (Å²) in [5.74, 6) is -0.482. The maximum Gasteiger partial charge on any atom is 0.276 e. The van der Waals surface area contributed by atoms with E-state index in [-0.39, 0.29) is 31.5 Å². The molecule has 0 radical (unpaired) electrons. The molecule has 3 N–H and O–H groups in total. The average Bonchev–Trinajstić information content (AvgIpc) is 2.28. The van der Waals surface area contributed by atoms with Gasteiger partial charge in [-0.1, -0.05) is 18.2 Å². The predicted octanol–water partition coefficient (Wildman–Crippen LogP) is 0.313. The zero-order valence-corrected chi connectivity index (χ0v) is 10.5. The second-order valence-electron chi connectivity index (χ2n) is 4.46. The second-order valence-corrected chi connectivity index (χ2v) is 6.00. The number of nitrogens with two attached hydrogens (primary N) is 1. The van der Waals surface area contributed by atoms with Gasteiger partial charge in [-0.3, -0.25) is 0 Å². The molecule has 1 saturated heterocycles.